The van der Waals surface area contributed by atoms with Gasteiger partial charge in [0, 0.05) is 17.0 Å². The van der Waals surface area contributed by atoms with Crippen molar-refractivity contribution < 1.29 is 0 Å². The molecule has 1 heterocycles. The number of nitrogens with zero attached hydrogens (tertiary/aromatic N) is 2. The highest BCUT2D eigenvalue weighted by Crippen LogP contribution is 2.19. The second-order valence-corrected chi connectivity index (χ2v) is 3.89. The van der Waals surface area contributed by atoms with Crippen LogP contribution in [0.3, 0.4) is 0 Å². The summed E-state index contributed by atoms with van der Waals surface area (Å²) in [7, 11) is 0. The summed E-state index contributed by atoms with van der Waals surface area (Å²) in [4.78, 5) is 8.25. The van der Waals surface area contributed by atoms with Crippen LogP contribution in [0.25, 0.3) is 0 Å². The Kier molecular flexibility index (Phi) is 3.29. The number of aryl methyl sites for hydroxylation is 2. The maximum Gasteiger partial charge on any atom is 0.151 e. The average molecular weight is 211 g/mol. The van der Waals surface area contributed by atoms with Gasteiger partial charge in [-0.3, -0.25) is 5.41 Å². The molecule has 1 aromatic heterocycles. The summed E-state index contributed by atoms with van der Waals surface area (Å²) in [6, 6.07) is 0. The first kappa shape index (κ1) is 10.8. The predicted octanol–water partition coefficient (Wildman–Crippen LogP) is 0.802. The van der Waals surface area contributed by atoms with E-state index in [0.717, 1.165) is 11.3 Å². The molecule has 76 valence electrons. The number of rotatable bonds is 2. The highest BCUT2D eigenvalue weighted by molar-refractivity contribution is 8.13. The second kappa shape index (κ2) is 4.28. The van der Waals surface area contributed by atoms with Crippen LogP contribution in [0.5, 0.6) is 0 Å². The molecule has 0 amide bonds. The van der Waals surface area contributed by atoms with Crippen molar-refractivity contribution in [2.75, 3.05) is 5.73 Å². The standard InChI is InChI=1S/C8H13N5S/c1-4-6(3-14-8(10)11)7(9)13-5(2)12-4/h3H2,1-2H3,(H3,10,11)(H2,9,12,13). The Bertz CT molecular complexity index is 340. The van der Waals surface area contributed by atoms with E-state index in [1.165, 1.54) is 11.8 Å². The predicted molar refractivity (Wildman–Crippen MR) is 59.1 cm³/mol. The first-order chi connectivity index (χ1) is 6.50. The number of nitrogens with two attached hydrogens (primary N) is 2. The SMILES string of the molecule is Cc1nc(C)c(CSC(=N)N)c(N)n1. The monoisotopic (exact) mass is 211 g/mol. The average Bonchev–Trinajstić information content (AvgIpc) is 2.01. The van der Waals surface area contributed by atoms with Crippen molar-refractivity contribution in [2.24, 2.45) is 5.73 Å². The number of nitrogens with one attached hydrogen (secondary N) is 1. The van der Waals surface area contributed by atoms with Crippen molar-refractivity contribution in [3.05, 3.63) is 17.1 Å². The molecule has 0 spiro atoms. The first-order valence-corrected chi connectivity index (χ1v) is 5.05. The lowest BCUT2D eigenvalue weighted by Crippen LogP contribution is -2.08. The van der Waals surface area contributed by atoms with Gasteiger partial charge >= 0.3 is 0 Å². The van der Waals surface area contributed by atoms with Crippen LogP contribution in [-0.2, 0) is 5.75 Å². The third-order valence-electron chi connectivity index (χ3n) is 1.73. The summed E-state index contributed by atoms with van der Waals surface area (Å²) < 4.78 is 0. The number of anilines is 1. The third-order valence-corrected chi connectivity index (χ3v) is 2.47. The molecule has 0 unspecified atom stereocenters. The van der Waals surface area contributed by atoms with Crippen molar-refractivity contribution >= 4 is 22.7 Å². The Morgan fingerprint density at radius 3 is 2.57 bits per heavy atom. The Labute approximate surface area is 86.8 Å². The number of hydrogen-bond acceptors (Lipinski definition) is 5. The molecule has 5 N–H and O–H groups in total. The molecule has 0 saturated heterocycles. The van der Waals surface area contributed by atoms with E-state index in [4.69, 9.17) is 16.9 Å². The van der Waals surface area contributed by atoms with Crippen LogP contribution in [-0.4, -0.2) is 15.1 Å². The molecule has 0 radical (unpaired) electrons. The van der Waals surface area contributed by atoms with Gasteiger partial charge in [0.05, 0.1) is 0 Å². The lowest BCUT2D eigenvalue weighted by molar-refractivity contribution is 0.991. The van der Waals surface area contributed by atoms with Crippen LogP contribution < -0.4 is 11.5 Å². The van der Waals surface area contributed by atoms with Gasteiger partial charge in [0.15, 0.2) is 5.17 Å². The topological polar surface area (TPSA) is 102 Å². The normalized spacial score (nSPS) is 10.1. The Morgan fingerprint density at radius 2 is 2.07 bits per heavy atom. The highest BCUT2D eigenvalue weighted by Gasteiger charge is 2.07. The number of hydrogen-bond donors (Lipinski definition) is 3. The molecular formula is C8H13N5S. The molecule has 14 heavy (non-hydrogen) atoms. The minimum absolute atomic E-state index is 0.0735. The van der Waals surface area contributed by atoms with E-state index in [1.54, 1.807) is 6.92 Å². The van der Waals surface area contributed by atoms with E-state index in [0.29, 0.717) is 17.4 Å². The molecule has 1 rings (SSSR count). The molecule has 5 nitrogen and oxygen atoms in total. The summed E-state index contributed by atoms with van der Waals surface area (Å²) >= 11 is 1.22. The van der Waals surface area contributed by atoms with Crippen molar-refractivity contribution in [3.63, 3.8) is 0 Å². The Morgan fingerprint density at radius 1 is 1.43 bits per heavy atom. The number of thioether (sulfide) groups is 1. The minimum atomic E-state index is 0.0735. The van der Waals surface area contributed by atoms with Crippen LogP contribution in [0, 0.1) is 19.3 Å². The Balaban J connectivity index is 2.91. The fourth-order valence-electron chi connectivity index (χ4n) is 1.09. The number of amidine groups is 1. The molecule has 0 bridgehead atoms. The third kappa shape index (κ3) is 2.59. The summed E-state index contributed by atoms with van der Waals surface area (Å²) in [6.07, 6.45) is 0. The van der Waals surface area contributed by atoms with Gasteiger partial charge in [-0.2, -0.15) is 0 Å². The summed E-state index contributed by atoms with van der Waals surface area (Å²) in [6.45, 7) is 3.67. The van der Waals surface area contributed by atoms with Gasteiger partial charge in [-0.1, -0.05) is 11.8 Å². The van der Waals surface area contributed by atoms with E-state index in [2.05, 4.69) is 9.97 Å². The van der Waals surface area contributed by atoms with Gasteiger partial charge in [-0.25, -0.2) is 9.97 Å². The lowest BCUT2D eigenvalue weighted by Gasteiger charge is -2.07. The molecule has 0 saturated carbocycles. The number of aromatic nitrogens is 2. The van der Waals surface area contributed by atoms with Crippen LogP contribution in [0.1, 0.15) is 17.1 Å². The Hall–Kier alpha value is -1.30. The van der Waals surface area contributed by atoms with E-state index < -0.39 is 0 Å². The molecule has 1 aromatic rings. The van der Waals surface area contributed by atoms with E-state index >= 15 is 0 Å². The zero-order valence-electron chi connectivity index (χ0n) is 8.16. The van der Waals surface area contributed by atoms with Crippen molar-refractivity contribution in [3.8, 4) is 0 Å². The first-order valence-electron chi connectivity index (χ1n) is 4.07. The maximum absolute atomic E-state index is 7.09. The maximum atomic E-state index is 7.09. The van der Waals surface area contributed by atoms with Crippen LogP contribution in [0.15, 0.2) is 0 Å². The minimum Gasteiger partial charge on any atom is -0.383 e. The molecule has 0 aliphatic heterocycles. The molecule has 0 fully saturated rings. The van der Waals surface area contributed by atoms with Crippen LogP contribution in [0.4, 0.5) is 5.82 Å². The van der Waals surface area contributed by atoms with Gasteiger partial charge in [0.2, 0.25) is 0 Å². The van der Waals surface area contributed by atoms with Gasteiger partial charge in [-0.15, -0.1) is 0 Å². The van der Waals surface area contributed by atoms with Gasteiger partial charge < -0.3 is 11.5 Å². The lowest BCUT2D eigenvalue weighted by atomic mass is 10.2. The van der Waals surface area contributed by atoms with E-state index in [9.17, 15) is 0 Å². The largest absolute Gasteiger partial charge is 0.383 e. The quantitative estimate of drug-likeness (QED) is 0.496. The summed E-state index contributed by atoms with van der Waals surface area (Å²) in [5.41, 5.74) is 12.7. The van der Waals surface area contributed by atoms with E-state index in [1.807, 2.05) is 6.92 Å². The fourth-order valence-corrected chi connectivity index (χ4v) is 1.75. The smallest absolute Gasteiger partial charge is 0.151 e. The summed E-state index contributed by atoms with van der Waals surface area (Å²) in [5, 5.41) is 7.16. The molecule has 6 heteroatoms. The van der Waals surface area contributed by atoms with E-state index in [-0.39, 0.29) is 5.17 Å². The van der Waals surface area contributed by atoms with Crippen molar-refractivity contribution in [1.82, 2.24) is 9.97 Å². The van der Waals surface area contributed by atoms with Gasteiger partial charge in [0.1, 0.15) is 11.6 Å². The molecule has 0 aromatic carbocycles. The molecule has 0 atom stereocenters. The van der Waals surface area contributed by atoms with Crippen molar-refractivity contribution in [2.45, 2.75) is 19.6 Å². The zero-order valence-corrected chi connectivity index (χ0v) is 8.98. The van der Waals surface area contributed by atoms with Gasteiger partial charge in [-0.05, 0) is 13.8 Å². The molecule has 0 aliphatic rings. The van der Waals surface area contributed by atoms with Crippen molar-refractivity contribution in [1.29, 1.82) is 5.41 Å². The van der Waals surface area contributed by atoms with Crippen LogP contribution >= 0.6 is 11.8 Å². The molecule has 0 aliphatic carbocycles. The molecular weight excluding hydrogens is 198 g/mol. The number of nitrogen functional groups attached to an aromatic ring is 1. The van der Waals surface area contributed by atoms with Crippen LogP contribution in [0.2, 0.25) is 0 Å². The zero-order chi connectivity index (χ0) is 10.7. The highest BCUT2D eigenvalue weighted by atomic mass is 32.2. The fraction of sp³-hybridized carbons (Fsp3) is 0.375. The van der Waals surface area contributed by atoms with Gasteiger partial charge in [0.25, 0.3) is 0 Å². The second-order valence-electron chi connectivity index (χ2n) is 2.87. The summed E-state index contributed by atoms with van der Waals surface area (Å²) in [5.74, 6) is 1.69.